The van der Waals surface area contributed by atoms with Crippen molar-refractivity contribution < 1.29 is 9.53 Å². The lowest BCUT2D eigenvalue weighted by molar-refractivity contribution is -0.124. The highest BCUT2D eigenvalue weighted by Crippen LogP contribution is 2.34. The fraction of sp³-hybridized carbons (Fsp3) is 0.500. The number of hydrogen-bond acceptors (Lipinski definition) is 3. The maximum atomic E-state index is 11.7. The van der Waals surface area contributed by atoms with E-state index in [1.54, 1.807) is 0 Å². The van der Waals surface area contributed by atoms with Crippen molar-refractivity contribution in [2.24, 2.45) is 0 Å². The molecule has 110 valence electrons. The van der Waals surface area contributed by atoms with E-state index in [1.807, 2.05) is 19.1 Å². The number of rotatable bonds is 5. The van der Waals surface area contributed by atoms with Gasteiger partial charge in [0.05, 0.1) is 21.6 Å². The average molecular weight is 406 g/mol. The van der Waals surface area contributed by atoms with Gasteiger partial charge in [-0.1, -0.05) is 0 Å². The first kappa shape index (κ1) is 15.8. The number of piperidine rings is 1. The summed E-state index contributed by atoms with van der Waals surface area (Å²) in [6.07, 6.45) is 1.92. The van der Waals surface area contributed by atoms with Gasteiger partial charge in [0, 0.05) is 13.1 Å². The van der Waals surface area contributed by atoms with Crippen LogP contribution >= 0.6 is 31.9 Å². The number of hydrogen-bond donors (Lipinski definition) is 2. The molecule has 1 atom stereocenters. The Morgan fingerprint density at radius 2 is 2.10 bits per heavy atom. The number of amides is 1. The van der Waals surface area contributed by atoms with Crippen LogP contribution in [0.1, 0.15) is 25.3 Å². The predicted octanol–water partition coefficient (Wildman–Crippen LogP) is 2.98. The Balaban J connectivity index is 2.01. The number of benzene rings is 1. The first-order chi connectivity index (χ1) is 9.61. The van der Waals surface area contributed by atoms with Crippen molar-refractivity contribution in [2.45, 2.75) is 32.4 Å². The van der Waals surface area contributed by atoms with Gasteiger partial charge in [0.1, 0.15) is 5.75 Å². The van der Waals surface area contributed by atoms with Crippen LogP contribution in [0.25, 0.3) is 0 Å². The van der Waals surface area contributed by atoms with E-state index in [4.69, 9.17) is 4.74 Å². The molecule has 1 aliphatic rings. The third kappa shape index (κ3) is 3.96. The monoisotopic (exact) mass is 404 g/mol. The molecule has 1 aromatic rings. The van der Waals surface area contributed by atoms with Gasteiger partial charge in [0.25, 0.3) is 0 Å². The normalized spacial score (nSPS) is 18.8. The third-order valence-corrected chi connectivity index (χ3v) is 4.36. The lowest BCUT2D eigenvalue weighted by Gasteiger charge is -2.23. The van der Waals surface area contributed by atoms with Gasteiger partial charge in [-0.2, -0.15) is 0 Å². The zero-order valence-electron chi connectivity index (χ0n) is 11.3. The van der Waals surface area contributed by atoms with E-state index in [0.717, 1.165) is 39.6 Å². The summed E-state index contributed by atoms with van der Waals surface area (Å²) in [6, 6.07) is 3.94. The summed E-state index contributed by atoms with van der Waals surface area (Å²) in [6.45, 7) is 4.02. The topological polar surface area (TPSA) is 50.4 Å². The maximum Gasteiger partial charge on any atom is 0.237 e. The van der Waals surface area contributed by atoms with Crippen LogP contribution < -0.4 is 15.4 Å². The Morgan fingerprint density at radius 3 is 2.70 bits per heavy atom. The molecule has 0 spiro atoms. The molecule has 1 aromatic carbocycles. The fourth-order valence-electron chi connectivity index (χ4n) is 2.20. The van der Waals surface area contributed by atoms with Crippen LogP contribution in [0.4, 0.5) is 0 Å². The van der Waals surface area contributed by atoms with Crippen LogP contribution in [0.15, 0.2) is 21.1 Å². The second kappa shape index (κ2) is 7.43. The molecule has 1 aliphatic heterocycles. The molecule has 6 heteroatoms. The predicted molar refractivity (Wildman–Crippen MR) is 85.9 cm³/mol. The second-order valence-corrected chi connectivity index (χ2v) is 6.40. The summed E-state index contributed by atoms with van der Waals surface area (Å²) >= 11 is 7.03. The summed E-state index contributed by atoms with van der Waals surface area (Å²) in [4.78, 5) is 11.7. The lowest BCUT2D eigenvalue weighted by atomic mass is 10.1. The Kier molecular flexibility index (Phi) is 5.86. The van der Waals surface area contributed by atoms with Crippen LogP contribution in [-0.4, -0.2) is 25.1 Å². The second-order valence-electron chi connectivity index (χ2n) is 4.69. The van der Waals surface area contributed by atoms with E-state index in [1.165, 1.54) is 0 Å². The number of halogens is 2. The maximum absolute atomic E-state index is 11.7. The van der Waals surface area contributed by atoms with Crippen molar-refractivity contribution in [1.29, 1.82) is 0 Å². The first-order valence-electron chi connectivity index (χ1n) is 6.73. The van der Waals surface area contributed by atoms with E-state index in [2.05, 4.69) is 42.5 Å². The van der Waals surface area contributed by atoms with Crippen LogP contribution in [0.2, 0.25) is 0 Å². The van der Waals surface area contributed by atoms with E-state index < -0.39 is 0 Å². The van der Waals surface area contributed by atoms with E-state index >= 15 is 0 Å². The number of nitrogens with one attached hydrogen (secondary N) is 2. The zero-order valence-corrected chi connectivity index (χ0v) is 14.5. The van der Waals surface area contributed by atoms with E-state index in [0.29, 0.717) is 13.2 Å². The van der Waals surface area contributed by atoms with Gasteiger partial charge in [-0.05, 0) is 69.3 Å². The summed E-state index contributed by atoms with van der Waals surface area (Å²) in [5.74, 6) is 0.909. The van der Waals surface area contributed by atoms with E-state index in [-0.39, 0.29) is 11.9 Å². The van der Waals surface area contributed by atoms with Crippen molar-refractivity contribution in [3.05, 3.63) is 26.6 Å². The quantitative estimate of drug-likeness (QED) is 0.791. The Morgan fingerprint density at radius 1 is 1.40 bits per heavy atom. The molecular formula is C14H18Br2N2O2. The molecule has 1 saturated heterocycles. The molecule has 1 heterocycles. The van der Waals surface area contributed by atoms with Crippen molar-refractivity contribution in [3.8, 4) is 5.75 Å². The molecule has 1 unspecified atom stereocenters. The van der Waals surface area contributed by atoms with Crippen LogP contribution in [0.5, 0.6) is 5.75 Å². The SMILES string of the molecule is CCOc1c(Br)cc(CNC2CCCNC2=O)cc1Br. The molecule has 0 bridgehead atoms. The molecule has 0 saturated carbocycles. The van der Waals surface area contributed by atoms with Gasteiger partial charge >= 0.3 is 0 Å². The molecule has 0 aliphatic carbocycles. The molecule has 4 nitrogen and oxygen atoms in total. The molecule has 2 rings (SSSR count). The Bertz CT molecular complexity index is 471. The standard InChI is InChI=1S/C14H18Br2N2O2/c1-2-20-13-10(15)6-9(7-11(13)16)8-18-12-4-3-5-17-14(12)19/h6-7,12,18H,2-5,8H2,1H3,(H,17,19). The van der Waals surface area contributed by atoms with Crippen molar-refractivity contribution in [1.82, 2.24) is 10.6 Å². The minimum atomic E-state index is -0.0899. The van der Waals surface area contributed by atoms with Gasteiger partial charge in [-0.15, -0.1) is 0 Å². The molecule has 20 heavy (non-hydrogen) atoms. The first-order valence-corrected chi connectivity index (χ1v) is 8.32. The summed E-state index contributed by atoms with van der Waals surface area (Å²) in [5, 5.41) is 6.18. The smallest absolute Gasteiger partial charge is 0.237 e. The number of carbonyl (C=O) groups is 1. The summed E-state index contributed by atoms with van der Waals surface area (Å²) in [5.41, 5.74) is 1.10. The van der Waals surface area contributed by atoms with Crippen LogP contribution in [0.3, 0.4) is 0 Å². The van der Waals surface area contributed by atoms with Gasteiger partial charge < -0.3 is 15.4 Å². The highest BCUT2D eigenvalue weighted by atomic mass is 79.9. The molecule has 1 amide bonds. The van der Waals surface area contributed by atoms with Crippen LogP contribution in [0, 0.1) is 0 Å². The Hall–Kier alpha value is -0.590. The van der Waals surface area contributed by atoms with Gasteiger partial charge in [0.15, 0.2) is 0 Å². The average Bonchev–Trinajstić information content (AvgIpc) is 2.42. The highest BCUT2D eigenvalue weighted by molar-refractivity contribution is 9.11. The number of ether oxygens (including phenoxy) is 1. The molecule has 0 aromatic heterocycles. The van der Waals surface area contributed by atoms with Crippen molar-refractivity contribution in [2.75, 3.05) is 13.2 Å². The van der Waals surface area contributed by atoms with Gasteiger partial charge in [-0.3, -0.25) is 4.79 Å². The molecule has 1 fully saturated rings. The fourth-order valence-corrected chi connectivity index (χ4v) is 3.71. The summed E-state index contributed by atoms with van der Waals surface area (Å²) < 4.78 is 7.39. The van der Waals surface area contributed by atoms with Crippen molar-refractivity contribution in [3.63, 3.8) is 0 Å². The zero-order chi connectivity index (χ0) is 14.5. The molecule has 2 N–H and O–H groups in total. The summed E-state index contributed by atoms with van der Waals surface area (Å²) in [7, 11) is 0. The molecular weight excluding hydrogens is 388 g/mol. The van der Waals surface area contributed by atoms with E-state index in [9.17, 15) is 4.79 Å². The Labute approximate surface area is 135 Å². The third-order valence-electron chi connectivity index (χ3n) is 3.18. The number of carbonyl (C=O) groups excluding carboxylic acids is 1. The lowest BCUT2D eigenvalue weighted by Crippen LogP contribution is -2.47. The molecule has 0 radical (unpaired) electrons. The van der Waals surface area contributed by atoms with Crippen molar-refractivity contribution >= 4 is 37.8 Å². The minimum Gasteiger partial charge on any atom is -0.492 e. The largest absolute Gasteiger partial charge is 0.492 e. The van der Waals surface area contributed by atoms with Gasteiger partial charge in [0.2, 0.25) is 5.91 Å². The van der Waals surface area contributed by atoms with Crippen LogP contribution in [-0.2, 0) is 11.3 Å². The highest BCUT2D eigenvalue weighted by Gasteiger charge is 2.21. The minimum absolute atomic E-state index is 0.0899. The van der Waals surface area contributed by atoms with Gasteiger partial charge in [-0.25, -0.2) is 0 Å².